The van der Waals surface area contributed by atoms with Crippen molar-refractivity contribution in [1.82, 2.24) is 15.1 Å². The van der Waals surface area contributed by atoms with E-state index < -0.39 is 0 Å². The maximum atomic E-state index is 6.08. The number of likely N-dealkylation sites (tertiary alicyclic amines) is 1. The first-order valence-electron chi connectivity index (χ1n) is 9.08. The molecule has 4 heteroatoms. The zero-order chi connectivity index (χ0) is 14.9. The normalized spacial score (nSPS) is 23.0. The largest absolute Gasteiger partial charge is 0.377 e. The lowest BCUT2D eigenvalue weighted by Gasteiger charge is -2.35. The SMILES string of the molecule is CCN(CC)CCOC1CCN(CC2CCNCC2)CC1. The van der Waals surface area contributed by atoms with E-state index in [1.54, 1.807) is 0 Å². The molecule has 0 amide bonds. The van der Waals surface area contributed by atoms with Crippen LogP contribution in [0.25, 0.3) is 0 Å². The van der Waals surface area contributed by atoms with Crippen LogP contribution < -0.4 is 5.32 Å². The molecule has 124 valence electrons. The van der Waals surface area contributed by atoms with Gasteiger partial charge in [0, 0.05) is 26.2 Å². The van der Waals surface area contributed by atoms with Crippen molar-refractivity contribution in [2.75, 3.05) is 59.0 Å². The highest BCUT2D eigenvalue weighted by Crippen LogP contribution is 2.18. The summed E-state index contributed by atoms with van der Waals surface area (Å²) in [7, 11) is 0. The third-order valence-corrected chi connectivity index (χ3v) is 5.17. The molecule has 0 radical (unpaired) electrons. The average Bonchev–Trinajstić information content (AvgIpc) is 2.54. The predicted molar refractivity (Wildman–Crippen MR) is 88.8 cm³/mol. The lowest BCUT2D eigenvalue weighted by atomic mass is 9.96. The summed E-state index contributed by atoms with van der Waals surface area (Å²) in [5.74, 6) is 0.923. The number of ether oxygens (including phenoxy) is 1. The van der Waals surface area contributed by atoms with E-state index >= 15 is 0 Å². The first-order valence-corrected chi connectivity index (χ1v) is 9.08. The van der Waals surface area contributed by atoms with Gasteiger partial charge >= 0.3 is 0 Å². The van der Waals surface area contributed by atoms with Crippen LogP contribution in [0.2, 0.25) is 0 Å². The summed E-state index contributed by atoms with van der Waals surface area (Å²) in [5, 5.41) is 3.46. The van der Waals surface area contributed by atoms with E-state index in [-0.39, 0.29) is 0 Å². The Morgan fingerprint density at radius 1 is 1.05 bits per heavy atom. The van der Waals surface area contributed by atoms with Crippen molar-refractivity contribution in [3.8, 4) is 0 Å². The summed E-state index contributed by atoms with van der Waals surface area (Å²) >= 11 is 0. The van der Waals surface area contributed by atoms with Crippen LogP contribution >= 0.6 is 0 Å². The number of likely N-dealkylation sites (N-methyl/N-ethyl adjacent to an activating group) is 1. The van der Waals surface area contributed by atoms with Crippen LogP contribution in [0.4, 0.5) is 0 Å². The van der Waals surface area contributed by atoms with Crippen LogP contribution in [0.5, 0.6) is 0 Å². The lowest BCUT2D eigenvalue weighted by Crippen LogP contribution is -2.42. The van der Waals surface area contributed by atoms with Gasteiger partial charge in [0.25, 0.3) is 0 Å². The summed E-state index contributed by atoms with van der Waals surface area (Å²) in [4.78, 5) is 5.10. The maximum absolute atomic E-state index is 6.08. The summed E-state index contributed by atoms with van der Waals surface area (Å²) in [6.45, 7) is 14.9. The molecule has 2 heterocycles. The van der Waals surface area contributed by atoms with Crippen LogP contribution in [-0.4, -0.2) is 74.9 Å². The fourth-order valence-corrected chi connectivity index (χ4v) is 3.58. The first kappa shape index (κ1) is 17.2. The van der Waals surface area contributed by atoms with E-state index in [0.29, 0.717) is 6.10 Å². The van der Waals surface area contributed by atoms with Gasteiger partial charge in [-0.1, -0.05) is 13.8 Å². The zero-order valence-electron chi connectivity index (χ0n) is 14.1. The molecule has 0 atom stereocenters. The van der Waals surface area contributed by atoms with E-state index in [4.69, 9.17) is 4.74 Å². The van der Waals surface area contributed by atoms with Crippen molar-refractivity contribution in [2.45, 2.75) is 45.6 Å². The lowest BCUT2D eigenvalue weighted by molar-refractivity contribution is -0.00403. The molecular weight excluding hydrogens is 262 g/mol. The van der Waals surface area contributed by atoms with Crippen molar-refractivity contribution >= 4 is 0 Å². The molecule has 0 aliphatic carbocycles. The summed E-state index contributed by atoms with van der Waals surface area (Å²) in [6.07, 6.45) is 5.68. The van der Waals surface area contributed by atoms with E-state index in [1.807, 2.05) is 0 Å². The molecule has 4 nitrogen and oxygen atoms in total. The highest BCUT2D eigenvalue weighted by atomic mass is 16.5. The number of hydrogen-bond donors (Lipinski definition) is 1. The third kappa shape index (κ3) is 6.23. The van der Waals surface area contributed by atoms with Gasteiger partial charge in [0.15, 0.2) is 0 Å². The monoisotopic (exact) mass is 297 g/mol. The summed E-state index contributed by atoms with van der Waals surface area (Å²) < 4.78 is 6.08. The van der Waals surface area contributed by atoms with Crippen LogP contribution in [0.1, 0.15) is 39.5 Å². The second-order valence-corrected chi connectivity index (χ2v) is 6.59. The minimum atomic E-state index is 0.504. The number of hydrogen-bond acceptors (Lipinski definition) is 4. The van der Waals surface area contributed by atoms with Gasteiger partial charge in [0.05, 0.1) is 12.7 Å². The summed E-state index contributed by atoms with van der Waals surface area (Å²) in [5.41, 5.74) is 0. The average molecular weight is 297 g/mol. The Kier molecular flexibility index (Phi) is 8.01. The molecule has 0 aromatic carbocycles. The van der Waals surface area contributed by atoms with Crippen molar-refractivity contribution in [3.05, 3.63) is 0 Å². The molecule has 2 fully saturated rings. The van der Waals surface area contributed by atoms with Crippen molar-refractivity contribution in [1.29, 1.82) is 0 Å². The molecule has 2 aliphatic heterocycles. The Hall–Kier alpha value is -0.160. The third-order valence-electron chi connectivity index (χ3n) is 5.17. The number of rotatable bonds is 8. The van der Waals surface area contributed by atoms with E-state index in [1.165, 1.54) is 58.4 Å². The minimum Gasteiger partial charge on any atom is -0.377 e. The van der Waals surface area contributed by atoms with Crippen LogP contribution in [0.3, 0.4) is 0 Å². The highest BCUT2D eigenvalue weighted by molar-refractivity contribution is 4.77. The van der Waals surface area contributed by atoms with Gasteiger partial charge in [0.2, 0.25) is 0 Å². The van der Waals surface area contributed by atoms with Crippen molar-refractivity contribution in [3.63, 3.8) is 0 Å². The van der Waals surface area contributed by atoms with Crippen LogP contribution in [-0.2, 0) is 4.74 Å². The highest BCUT2D eigenvalue weighted by Gasteiger charge is 2.22. The fraction of sp³-hybridized carbons (Fsp3) is 1.00. The van der Waals surface area contributed by atoms with Gasteiger partial charge in [-0.25, -0.2) is 0 Å². The quantitative estimate of drug-likeness (QED) is 0.739. The molecule has 1 N–H and O–H groups in total. The predicted octanol–water partition coefficient (Wildman–Crippen LogP) is 1.81. The Labute approximate surface area is 131 Å². The Bertz CT molecular complexity index is 257. The molecule has 2 saturated heterocycles. The fourth-order valence-electron chi connectivity index (χ4n) is 3.58. The second kappa shape index (κ2) is 9.78. The van der Waals surface area contributed by atoms with Gasteiger partial charge in [-0.15, -0.1) is 0 Å². The molecule has 0 bridgehead atoms. The zero-order valence-corrected chi connectivity index (χ0v) is 14.1. The Morgan fingerprint density at radius 3 is 2.33 bits per heavy atom. The molecule has 0 saturated carbocycles. The van der Waals surface area contributed by atoms with Gasteiger partial charge in [-0.3, -0.25) is 0 Å². The van der Waals surface area contributed by atoms with Gasteiger partial charge in [0.1, 0.15) is 0 Å². The van der Waals surface area contributed by atoms with Crippen molar-refractivity contribution in [2.24, 2.45) is 5.92 Å². The molecular formula is C17H35N3O. The standard InChI is InChI=1S/C17H35N3O/c1-3-19(4-2)13-14-21-17-7-11-20(12-8-17)15-16-5-9-18-10-6-16/h16-18H,3-15H2,1-2H3. The minimum absolute atomic E-state index is 0.504. The van der Waals surface area contributed by atoms with Gasteiger partial charge in [-0.05, 0) is 57.8 Å². The number of piperidine rings is 2. The summed E-state index contributed by atoms with van der Waals surface area (Å²) in [6, 6.07) is 0. The van der Waals surface area contributed by atoms with E-state index in [0.717, 1.165) is 32.2 Å². The molecule has 0 aromatic heterocycles. The smallest absolute Gasteiger partial charge is 0.0600 e. The second-order valence-electron chi connectivity index (χ2n) is 6.59. The first-order chi connectivity index (χ1) is 10.3. The topological polar surface area (TPSA) is 27.7 Å². The molecule has 21 heavy (non-hydrogen) atoms. The molecule has 0 aromatic rings. The molecule has 2 aliphatic rings. The molecule has 0 spiro atoms. The van der Waals surface area contributed by atoms with E-state index in [9.17, 15) is 0 Å². The number of nitrogens with zero attached hydrogens (tertiary/aromatic N) is 2. The van der Waals surface area contributed by atoms with Crippen molar-refractivity contribution < 1.29 is 4.74 Å². The van der Waals surface area contributed by atoms with Gasteiger partial charge in [-0.2, -0.15) is 0 Å². The Morgan fingerprint density at radius 2 is 1.71 bits per heavy atom. The molecule has 0 unspecified atom stereocenters. The van der Waals surface area contributed by atoms with E-state index in [2.05, 4.69) is 29.0 Å². The van der Waals surface area contributed by atoms with Crippen LogP contribution in [0, 0.1) is 5.92 Å². The Balaban J connectivity index is 1.55. The van der Waals surface area contributed by atoms with Gasteiger partial charge < -0.3 is 19.9 Å². The van der Waals surface area contributed by atoms with Crippen LogP contribution in [0.15, 0.2) is 0 Å². The molecule has 2 rings (SSSR count). The maximum Gasteiger partial charge on any atom is 0.0600 e. The number of nitrogens with one attached hydrogen (secondary N) is 1.